The average molecular weight is 376 g/mol. The molecule has 2 aromatic carbocycles. The molecular formula is C20H16N4O2S. The molecular weight excluding hydrogens is 360 g/mol. The standard InChI is InChI=1S/C20H16N4O2S/c25-20(13-1-3-16-17(8-13)23-10-22-16)24-15-5-6-26-18-4-2-12(7-14(15)18)19-9-21-11-27-19/h1-4,7-11,15H,5-6H2,(H,22,23)(H,24,25). The lowest BCUT2D eigenvalue weighted by atomic mass is 9.97. The Morgan fingerprint density at radius 3 is 3.11 bits per heavy atom. The number of carbonyl (C=O) groups excluding carboxylic acids is 1. The van der Waals surface area contributed by atoms with E-state index in [0.717, 1.165) is 39.2 Å². The van der Waals surface area contributed by atoms with Crippen LogP contribution in [0.3, 0.4) is 0 Å². The number of hydrogen-bond acceptors (Lipinski definition) is 5. The van der Waals surface area contributed by atoms with Crippen molar-refractivity contribution in [3.05, 3.63) is 65.6 Å². The summed E-state index contributed by atoms with van der Waals surface area (Å²) in [6.07, 6.45) is 4.21. The van der Waals surface area contributed by atoms with E-state index in [2.05, 4.69) is 26.3 Å². The van der Waals surface area contributed by atoms with Crippen molar-refractivity contribution < 1.29 is 9.53 Å². The Balaban J connectivity index is 1.44. The lowest BCUT2D eigenvalue weighted by Gasteiger charge is -2.27. The van der Waals surface area contributed by atoms with E-state index < -0.39 is 0 Å². The van der Waals surface area contributed by atoms with E-state index in [1.807, 2.05) is 36.0 Å². The summed E-state index contributed by atoms with van der Waals surface area (Å²) in [5.41, 5.74) is 6.21. The number of benzene rings is 2. The minimum Gasteiger partial charge on any atom is -0.493 e. The SMILES string of the molecule is O=C(NC1CCOc2ccc(-c3cncs3)cc21)c1ccc2nc[nH]c2c1. The Bertz CT molecular complexity index is 1120. The van der Waals surface area contributed by atoms with Crippen LogP contribution in [0.15, 0.2) is 54.4 Å². The smallest absolute Gasteiger partial charge is 0.251 e. The minimum absolute atomic E-state index is 0.0911. The molecule has 1 aliphatic rings. The molecule has 0 aliphatic carbocycles. The van der Waals surface area contributed by atoms with Crippen LogP contribution >= 0.6 is 11.3 Å². The molecule has 2 N–H and O–H groups in total. The molecule has 1 atom stereocenters. The van der Waals surface area contributed by atoms with Crippen LogP contribution in [0.2, 0.25) is 0 Å². The van der Waals surface area contributed by atoms with Crippen LogP contribution in [0, 0.1) is 0 Å². The van der Waals surface area contributed by atoms with Gasteiger partial charge in [0.1, 0.15) is 5.75 Å². The van der Waals surface area contributed by atoms with Crippen molar-refractivity contribution in [1.82, 2.24) is 20.3 Å². The molecule has 0 bridgehead atoms. The molecule has 0 fully saturated rings. The number of carbonyl (C=O) groups is 1. The molecule has 0 radical (unpaired) electrons. The van der Waals surface area contributed by atoms with Gasteiger partial charge in [0.25, 0.3) is 5.91 Å². The third-order valence-corrected chi connectivity index (χ3v) is 5.58. The van der Waals surface area contributed by atoms with Gasteiger partial charge in [0.05, 0.1) is 40.4 Å². The summed E-state index contributed by atoms with van der Waals surface area (Å²) in [4.78, 5) is 25.3. The van der Waals surface area contributed by atoms with Crippen molar-refractivity contribution in [1.29, 1.82) is 0 Å². The molecule has 0 saturated carbocycles. The molecule has 0 saturated heterocycles. The van der Waals surface area contributed by atoms with Gasteiger partial charge in [0.2, 0.25) is 0 Å². The van der Waals surface area contributed by atoms with Gasteiger partial charge in [-0.2, -0.15) is 0 Å². The molecule has 5 rings (SSSR count). The fraction of sp³-hybridized carbons (Fsp3) is 0.150. The quantitative estimate of drug-likeness (QED) is 0.568. The number of aromatic amines is 1. The van der Waals surface area contributed by atoms with Crippen molar-refractivity contribution in [3.63, 3.8) is 0 Å². The molecule has 6 nitrogen and oxygen atoms in total. The van der Waals surface area contributed by atoms with Gasteiger partial charge in [-0.05, 0) is 42.0 Å². The zero-order valence-electron chi connectivity index (χ0n) is 14.3. The lowest BCUT2D eigenvalue weighted by Crippen LogP contribution is -2.32. The molecule has 1 amide bonds. The molecule has 0 spiro atoms. The minimum atomic E-state index is -0.104. The van der Waals surface area contributed by atoms with Gasteiger partial charge in [0, 0.05) is 23.7 Å². The summed E-state index contributed by atoms with van der Waals surface area (Å²) in [7, 11) is 0. The monoisotopic (exact) mass is 376 g/mol. The fourth-order valence-electron chi connectivity index (χ4n) is 3.37. The number of nitrogens with zero attached hydrogens (tertiary/aromatic N) is 2. The third kappa shape index (κ3) is 2.96. The van der Waals surface area contributed by atoms with E-state index in [0.29, 0.717) is 12.2 Å². The van der Waals surface area contributed by atoms with Crippen LogP contribution in [0.4, 0.5) is 0 Å². The maximum atomic E-state index is 12.8. The highest BCUT2D eigenvalue weighted by atomic mass is 32.1. The van der Waals surface area contributed by atoms with E-state index in [4.69, 9.17) is 4.74 Å². The van der Waals surface area contributed by atoms with E-state index in [1.165, 1.54) is 0 Å². The molecule has 134 valence electrons. The Kier molecular flexibility index (Phi) is 3.86. The topological polar surface area (TPSA) is 79.9 Å². The maximum Gasteiger partial charge on any atom is 0.251 e. The Morgan fingerprint density at radius 1 is 1.26 bits per heavy atom. The largest absolute Gasteiger partial charge is 0.493 e. The number of thiazole rings is 1. The van der Waals surface area contributed by atoms with Crippen LogP contribution in [-0.4, -0.2) is 27.5 Å². The van der Waals surface area contributed by atoms with Gasteiger partial charge in [0.15, 0.2) is 0 Å². The number of hydrogen-bond donors (Lipinski definition) is 2. The highest BCUT2D eigenvalue weighted by molar-refractivity contribution is 7.13. The lowest BCUT2D eigenvalue weighted by molar-refractivity contribution is 0.0925. The number of imidazole rings is 1. The number of fused-ring (bicyclic) bond motifs is 2. The first-order valence-corrected chi connectivity index (χ1v) is 9.55. The Hall–Kier alpha value is -3.19. The zero-order chi connectivity index (χ0) is 18.2. The van der Waals surface area contributed by atoms with Crippen molar-refractivity contribution in [2.24, 2.45) is 0 Å². The first-order chi connectivity index (χ1) is 13.3. The normalized spacial score (nSPS) is 15.9. The number of rotatable bonds is 3. The fourth-order valence-corrected chi connectivity index (χ4v) is 3.99. The number of nitrogens with one attached hydrogen (secondary N) is 2. The van der Waals surface area contributed by atoms with Crippen molar-refractivity contribution in [2.45, 2.75) is 12.5 Å². The van der Waals surface area contributed by atoms with Gasteiger partial charge in [-0.1, -0.05) is 0 Å². The maximum absolute atomic E-state index is 12.8. The summed E-state index contributed by atoms with van der Waals surface area (Å²) in [6, 6.07) is 11.5. The number of amides is 1. The Labute approximate surface area is 159 Å². The first-order valence-electron chi connectivity index (χ1n) is 8.67. The summed E-state index contributed by atoms with van der Waals surface area (Å²) in [5, 5.41) is 3.16. The van der Waals surface area contributed by atoms with Gasteiger partial charge in [-0.25, -0.2) is 4.98 Å². The molecule has 7 heteroatoms. The molecule has 27 heavy (non-hydrogen) atoms. The molecule has 1 aliphatic heterocycles. The second-order valence-electron chi connectivity index (χ2n) is 6.42. The zero-order valence-corrected chi connectivity index (χ0v) is 15.1. The first kappa shape index (κ1) is 16.0. The summed E-state index contributed by atoms with van der Waals surface area (Å²) in [5.74, 6) is 0.719. The van der Waals surface area contributed by atoms with Crippen LogP contribution < -0.4 is 10.1 Å². The number of ether oxygens (including phenoxy) is 1. The highest BCUT2D eigenvalue weighted by Gasteiger charge is 2.24. The summed E-state index contributed by atoms with van der Waals surface area (Å²) < 4.78 is 5.78. The van der Waals surface area contributed by atoms with E-state index in [1.54, 1.807) is 23.7 Å². The second-order valence-corrected chi connectivity index (χ2v) is 7.30. The van der Waals surface area contributed by atoms with Gasteiger partial charge < -0.3 is 15.0 Å². The highest BCUT2D eigenvalue weighted by Crippen LogP contribution is 2.36. The van der Waals surface area contributed by atoms with Crippen molar-refractivity contribution >= 4 is 28.3 Å². The number of aromatic nitrogens is 3. The number of H-pyrrole nitrogens is 1. The molecule has 2 aromatic heterocycles. The van der Waals surface area contributed by atoms with Crippen molar-refractivity contribution in [2.75, 3.05) is 6.61 Å². The van der Waals surface area contributed by atoms with Crippen LogP contribution in [0.5, 0.6) is 5.75 Å². The third-order valence-electron chi connectivity index (χ3n) is 4.75. The molecule has 3 heterocycles. The van der Waals surface area contributed by atoms with E-state index >= 15 is 0 Å². The van der Waals surface area contributed by atoms with Gasteiger partial charge in [-0.15, -0.1) is 11.3 Å². The predicted octanol–water partition coefficient (Wildman–Crippen LogP) is 3.94. The van der Waals surface area contributed by atoms with E-state index in [9.17, 15) is 4.79 Å². The van der Waals surface area contributed by atoms with Gasteiger partial charge >= 0.3 is 0 Å². The molecule has 1 unspecified atom stereocenters. The van der Waals surface area contributed by atoms with E-state index in [-0.39, 0.29) is 11.9 Å². The second kappa shape index (κ2) is 6.51. The Morgan fingerprint density at radius 2 is 2.22 bits per heavy atom. The van der Waals surface area contributed by atoms with Gasteiger partial charge in [-0.3, -0.25) is 9.78 Å². The predicted molar refractivity (Wildman–Crippen MR) is 104 cm³/mol. The summed E-state index contributed by atoms with van der Waals surface area (Å²) >= 11 is 1.59. The summed E-state index contributed by atoms with van der Waals surface area (Å²) in [6.45, 7) is 0.581. The van der Waals surface area contributed by atoms with Crippen molar-refractivity contribution in [3.8, 4) is 16.2 Å². The van der Waals surface area contributed by atoms with Crippen LogP contribution in [0.1, 0.15) is 28.4 Å². The van der Waals surface area contributed by atoms with Crippen LogP contribution in [-0.2, 0) is 0 Å². The van der Waals surface area contributed by atoms with Crippen LogP contribution in [0.25, 0.3) is 21.5 Å². The average Bonchev–Trinajstić information content (AvgIpc) is 3.39. The molecule has 4 aromatic rings.